The Kier molecular flexibility index (Phi) is 4.48. The number of ether oxygens (including phenoxy) is 2. The molecule has 0 heterocycles. The van der Waals surface area contributed by atoms with Crippen LogP contribution in [0.25, 0.3) is 0 Å². The highest BCUT2D eigenvalue weighted by Gasteiger charge is 2.12. The molecule has 0 aromatic heterocycles. The molecule has 0 aliphatic carbocycles. The lowest BCUT2D eigenvalue weighted by Gasteiger charge is -2.13. The highest BCUT2D eigenvalue weighted by Crippen LogP contribution is 2.27. The summed E-state index contributed by atoms with van der Waals surface area (Å²) in [5.41, 5.74) is 6.85. The average molecular weight is 291 g/mol. The number of halogens is 1. The maximum atomic E-state index is 7.57. The first kappa shape index (κ1) is 14.2. The van der Waals surface area contributed by atoms with E-state index in [-0.39, 0.29) is 5.84 Å². The molecule has 20 heavy (non-hydrogen) atoms. The first-order valence-corrected chi connectivity index (χ1v) is 6.39. The van der Waals surface area contributed by atoms with Crippen molar-refractivity contribution in [3.63, 3.8) is 0 Å². The van der Waals surface area contributed by atoms with Crippen LogP contribution in [0.3, 0.4) is 0 Å². The zero-order valence-corrected chi connectivity index (χ0v) is 11.8. The summed E-state index contributed by atoms with van der Waals surface area (Å²) >= 11 is 6.04. The Morgan fingerprint density at radius 3 is 2.55 bits per heavy atom. The molecule has 0 bridgehead atoms. The minimum absolute atomic E-state index is 0.120. The van der Waals surface area contributed by atoms with E-state index >= 15 is 0 Å². The van der Waals surface area contributed by atoms with Gasteiger partial charge in [-0.05, 0) is 18.2 Å². The van der Waals surface area contributed by atoms with E-state index in [4.69, 9.17) is 32.2 Å². The Morgan fingerprint density at radius 2 is 1.85 bits per heavy atom. The lowest BCUT2D eigenvalue weighted by atomic mass is 10.1. The fourth-order valence-corrected chi connectivity index (χ4v) is 2.13. The molecular formula is C15H15ClN2O2. The third-order valence-corrected chi connectivity index (χ3v) is 3.14. The smallest absolute Gasteiger partial charge is 0.132 e. The minimum Gasteiger partial charge on any atom is -0.496 e. The Hall–Kier alpha value is -2.20. The summed E-state index contributed by atoms with van der Waals surface area (Å²) in [6, 6.07) is 12.7. The number of para-hydroxylation sites is 1. The second kappa shape index (κ2) is 6.30. The molecule has 104 valence electrons. The highest BCUT2D eigenvalue weighted by atomic mass is 35.5. The van der Waals surface area contributed by atoms with Crippen molar-refractivity contribution in [2.24, 2.45) is 5.73 Å². The van der Waals surface area contributed by atoms with Crippen LogP contribution in [0, 0.1) is 5.41 Å². The van der Waals surface area contributed by atoms with Crippen LogP contribution >= 0.6 is 11.6 Å². The predicted octanol–water partition coefficient (Wildman–Crippen LogP) is 3.21. The summed E-state index contributed by atoms with van der Waals surface area (Å²) in [6.07, 6.45) is 0. The summed E-state index contributed by atoms with van der Waals surface area (Å²) in [4.78, 5) is 0. The SMILES string of the molecule is COc1ccccc1COc1cccc(Cl)c1C(=N)N. The fourth-order valence-electron chi connectivity index (χ4n) is 1.86. The van der Waals surface area contributed by atoms with Gasteiger partial charge in [0.25, 0.3) is 0 Å². The second-order valence-corrected chi connectivity index (χ2v) is 4.53. The number of methoxy groups -OCH3 is 1. The van der Waals surface area contributed by atoms with E-state index in [0.717, 1.165) is 11.3 Å². The van der Waals surface area contributed by atoms with Gasteiger partial charge < -0.3 is 15.2 Å². The number of nitrogens with one attached hydrogen (secondary N) is 1. The fraction of sp³-hybridized carbons (Fsp3) is 0.133. The number of benzene rings is 2. The van der Waals surface area contributed by atoms with Crippen LogP contribution in [0.5, 0.6) is 11.5 Å². The topological polar surface area (TPSA) is 68.3 Å². The first-order valence-electron chi connectivity index (χ1n) is 6.01. The molecule has 0 saturated heterocycles. The van der Waals surface area contributed by atoms with Gasteiger partial charge >= 0.3 is 0 Å². The number of rotatable bonds is 5. The Labute approximate surface area is 122 Å². The molecule has 0 spiro atoms. The number of hydrogen-bond donors (Lipinski definition) is 2. The molecule has 0 radical (unpaired) electrons. The van der Waals surface area contributed by atoms with E-state index in [2.05, 4.69) is 0 Å². The number of hydrogen-bond acceptors (Lipinski definition) is 3. The zero-order valence-electron chi connectivity index (χ0n) is 11.0. The quantitative estimate of drug-likeness (QED) is 0.656. The summed E-state index contributed by atoms with van der Waals surface area (Å²) in [6.45, 7) is 0.310. The summed E-state index contributed by atoms with van der Waals surface area (Å²) in [5.74, 6) is 1.11. The van der Waals surface area contributed by atoms with Gasteiger partial charge in [0.2, 0.25) is 0 Å². The standard InChI is InChI=1S/C15H15ClN2O2/c1-19-12-7-3-2-5-10(12)9-20-13-8-4-6-11(16)14(13)15(17)18/h2-8H,9H2,1H3,(H3,17,18). The van der Waals surface area contributed by atoms with Crippen molar-refractivity contribution in [2.45, 2.75) is 6.61 Å². The molecular weight excluding hydrogens is 276 g/mol. The third-order valence-electron chi connectivity index (χ3n) is 2.82. The Balaban J connectivity index is 2.23. The number of nitrogen functional groups attached to an aromatic ring is 1. The predicted molar refractivity (Wildman–Crippen MR) is 79.8 cm³/mol. The number of nitrogens with two attached hydrogens (primary N) is 1. The van der Waals surface area contributed by atoms with Crippen molar-refractivity contribution >= 4 is 17.4 Å². The lowest BCUT2D eigenvalue weighted by molar-refractivity contribution is 0.296. The van der Waals surface area contributed by atoms with Crippen LogP contribution in [0.2, 0.25) is 5.02 Å². The molecule has 3 N–H and O–H groups in total. The van der Waals surface area contributed by atoms with Gasteiger partial charge in [-0.25, -0.2) is 0 Å². The van der Waals surface area contributed by atoms with Gasteiger partial charge in [-0.15, -0.1) is 0 Å². The molecule has 0 saturated carbocycles. The van der Waals surface area contributed by atoms with E-state index in [1.54, 1.807) is 25.3 Å². The molecule has 0 amide bonds. The average Bonchev–Trinajstić information content (AvgIpc) is 2.45. The molecule has 2 aromatic rings. The van der Waals surface area contributed by atoms with Gasteiger partial charge in [-0.3, -0.25) is 5.41 Å². The van der Waals surface area contributed by atoms with E-state index in [1.807, 2.05) is 24.3 Å². The van der Waals surface area contributed by atoms with E-state index < -0.39 is 0 Å². The van der Waals surface area contributed by atoms with Crippen LogP contribution in [-0.4, -0.2) is 12.9 Å². The monoisotopic (exact) mass is 290 g/mol. The van der Waals surface area contributed by atoms with Crippen molar-refractivity contribution < 1.29 is 9.47 Å². The molecule has 0 aliphatic heterocycles. The minimum atomic E-state index is -0.120. The summed E-state index contributed by atoms with van der Waals surface area (Å²) in [7, 11) is 1.61. The van der Waals surface area contributed by atoms with E-state index in [1.165, 1.54) is 0 Å². The number of amidine groups is 1. The van der Waals surface area contributed by atoms with E-state index in [9.17, 15) is 0 Å². The highest BCUT2D eigenvalue weighted by molar-refractivity contribution is 6.34. The van der Waals surface area contributed by atoms with Crippen molar-refractivity contribution in [2.75, 3.05) is 7.11 Å². The molecule has 0 aliphatic rings. The summed E-state index contributed by atoms with van der Waals surface area (Å²) in [5, 5.41) is 7.97. The summed E-state index contributed by atoms with van der Waals surface area (Å²) < 4.78 is 11.0. The maximum Gasteiger partial charge on any atom is 0.132 e. The third kappa shape index (κ3) is 3.03. The van der Waals surface area contributed by atoms with Gasteiger partial charge in [-0.1, -0.05) is 35.9 Å². The largest absolute Gasteiger partial charge is 0.496 e. The van der Waals surface area contributed by atoms with Gasteiger partial charge in [0.15, 0.2) is 0 Å². The molecule has 0 unspecified atom stereocenters. The molecule has 2 aromatic carbocycles. The van der Waals surface area contributed by atoms with Crippen LogP contribution in [0.4, 0.5) is 0 Å². The van der Waals surface area contributed by atoms with Crippen LogP contribution in [0.1, 0.15) is 11.1 Å². The Bertz CT molecular complexity index is 629. The van der Waals surface area contributed by atoms with Crippen molar-refractivity contribution in [3.8, 4) is 11.5 Å². The normalized spacial score (nSPS) is 10.1. The van der Waals surface area contributed by atoms with Crippen molar-refractivity contribution in [1.29, 1.82) is 5.41 Å². The molecule has 0 atom stereocenters. The van der Waals surface area contributed by atoms with Gasteiger partial charge in [0.1, 0.15) is 23.9 Å². The molecule has 4 nitrogen and oxygen atoms in total. The Morgan fingerprint density at radius 1 is 1.15 bits per heavy atom. The molecule has 5 heteroatoms. The van der Waals surface area contributed by atoms with Crippen LogP contribution in [-0.2, 0) is 6.61 Å². The first-order chi connectivity index (χ1) is 9.63. The van der Waals surface area contributed by atoms with Crippen molar-refractivity contribution in [1.82, 2.24) is 0 Å². The van der Waals surface area contributed by atoms with Gasteiger partial charge in [0, 0.05) is 5.56 Å². The lowest BCUT2D eigenvalue weighted by Crippen LogP contribution is -2.14. The van der Waals surface area contributed by atoms with E-state index in [0.29, 0.717) is 22.9 Å². The second-order valence-electron chi connectivity index (χ2n) is 4.13. The van der Waals surface area contributed by atoms with Crippen LogP contribution < -0.4 is 15.2 Å². The van der Waals surface area contributed by atoms with Gasteiger partial charge in [-0.2, -0.15) is 0 Å². The van der Waals surface area contributed by atoms with Gasteiger partial charge in [0.05, 0.1) is 17.7 Å². The maximum absolute atomic E-state index is 7.57. The van der Waals surface area contributed by atoms with Crippen molar-refractivity contribution in [3.05, 3.63) is 58.6 Å². The molecule has 0 fully saturated rings. The van der Waals surface area contributed by atoms with Crippen LogP contribution in [0.15, 0.2) is 42.5 Å². The zero-order chi connectivity index (χ0) is 14.5. The molecule has 2 rings (SSSR count).